The Balaban J connectivity index is 1.63. The van der Waals surface area contributed by atoms with Crippen molar-refractivity contribution in [3.8, 4) is 11.5 Å². The smallest absolute Gasteiger partial charge is 0.237 e. The molecule has 25 heavy (non-hydrogen) atoms. The number of hydrogen-bond acceptors (Lipinski definition) is 6. The lowest BCUT2D eigenvalue weighted by Crippen LogP contribution is -2.21. The number of fused-ring (bicyclic) bond motifs is 1. The first-order chi connectivity index (χ1) is 12.1. The first kappa shape index (κ1) is 17.5. The normalized spacial score (nSPS) is 11.4. The molecule has 1 N–H and O–H groups in total. The summed E-state index contributed by atoms with van der Waals surface area (Å²) < 4.78 is 38.6. The van der Waals surface area contributed by atoms with E-state index >= 15 is 0 Å². The number of aromatic nitrogens is 1. The van der Waals surface area contributed by atoms with Crippen LogP contribution >= 0.6 is 11.3 Å². The van der Waals surface area contributed by atoms with Crippen molar-refractivity contribution >= 4 is 36.7 Å². The molecule has 6 nitrogen and oxygen atoms in total. The third-order valence-corrected chi connectivity index (χ3v) is 5.55. The molecule has 0 spiro atoms. The predicted molar refractivity (Wildman–Crippen MR) is 100 cm³/mol. The highest BCUT2D eigenvalue weighted by Gasteiger charge is 2.14. The van der Waals surface area contributed by atoms with Gasteiger partial charge in [-0.25, -0.2) is 13.4 Å². The Morgan fingerprint density at radius 2 is 1.88 bits per heavy atom. The van der Waals surface area contributed by atoms with Gasteiger partial charge >= 0.3 is 0 Å². The van der Waals surface area contributed by atoms with Crippen LogP contribution < -0.4 is 14.2 Å². The Labute approximate surface area is 150 Å². The number of nitrogens with one attached hydrogen (secondary N) is 1. The molecule has 132 valence electrons. The molecule has 3 rings (SSSR count). The Kier molecular flexibility index (Phi) is 5.40. The van der Waals surface area contributed by atoms with Gasteiger partial charge in [0.2, 0.25) is 10.0 Å². The second-order valence-electron chi connectivity index (χ2n) is 5.16. The van der Waals surface area contributed by atoms with E-state index in [4.69, 9.17) is 9.47 Å². The van der Waals surface area contributed by atoms with Crippen molar-refractivity contribution in [3.63, 3.8) is 0 Å². The average molecular weight is 378 g/mol. The highest BCUT2D eigenvalue weighted by Crippen LogP contribution is 2.29. The number of thiazole rings is 1. The van der Waals surface area contributed by atoms with Crippen molar-refractivity contribution in [3.05, 3.63) is 48.5 Å². The fraction of sp³-hybridized carbons (Fsp3) is 0.235. The van der Waals surface area contributed by atoms with Gasteiger partial charge in [0.05, 0.1) is 16.8 Å². The number of rotatable bonds is 8. The quantitative estimate of drug-likeness (QED) is 0.649. The van der Waals surface area contributed by atoms with Gasteiger partial charge in [-0.15, -0.1) is 0 Å². The van der Waals surface area contributed by atoms with Crippen molar-refractivity contribution in [1.82, 2.24) is 4.98 Å². The van der Waals surface area contributed by atoms with E-state index in [-0.39, 0.29) is 12.4 Å². The first-order valence-corrected chi connectivity index (χ1v) is 10.2. The summed E-state index contributed by atoms with van der Waals surface area (Å²) in [6, 6.07) is 14.6. The molecule has 0 bridgehead atoms. The molecule has 1 heterocycles. The Hall–Kier alpha value is -2.32. The molecule has 0 fully saturated rings. The Morgan fingerprint density at radius 1 is 1.08 bits per heavy atom. The summed E-state index contributed by atoms with van der Waals surface area (Å²) in [6.07, 6.45) is 0. The summed E-state index contributed by atoms with van der Waals surface area (Å²) in [6.45, 7) is 2.55. The lowest BCUT2D eigenvalue weighted by atomic mass is 10.3. The van der Waals surface area contributed by atoms with E-state index in [0.717, 1.165) is 16.0 Å². The van der Waals surface area contributed by atoms with Gasteiger partial charge in [-0.1, -0.05) is 29.5 Å². The van der Waals surface area contributed by atoms with Crippen LogP contribution in [0.15, 0.2) is 48.5 Å². The minimum Gasteiger partial charge on any atom is -0.494 e. The molecular weight excluding hydrogens is 360 g/mol. The highest BCUT2D eigenvalue weighted by molar-refractivity contribution is 7.92. The fourth-order valence-corrected chi connectivity index (χ4v) is 4.18. The zero-order valence-electron chi connectivity index (χ0n) is 13.6. The van der Waals surface area contributed by atoms with E-state index < -0.39 is 10.0 Å². The number of nitrogens with zero attached hydrogens (tertiary/aromatic N) is 1. The van der Waals surface area contributed by atoms with Gasteiger partial charge in [-0.05, 0) is 37.3 Å². The summed E-state index contributed by atoms with van der Waals surface area (Å²) in [5, 5.41) is 0.336. The largest absolute Gasteiger partial charge is 0.494 e. The Morgan fingerprint density at radius 3 is 2.64 bits per heavy atom. The van der Waals surface area contributed by atoms with Crippen molar-refractivity contribution in [2.24, 2.45) is 0 Å². The van der Waals surface area contributed by atoms with Crippen LogP contribution in [-0.4, -0.2) is 32.4 Å². The predicted octanol–water partition coefficient (Wildman–Crippen LogP) is 3.52. The highest BCUT2D eigenvalue weighted by atomic mass is 32.2. The molecule has 3 aromatic rings. The number of ether oxygens (including phenoxy) is 2. The van der Waals surface area contributed by atoms with Gasteiger partial charge in [0.15, 0.2) is 5.13 Å². The molecule has 0 amide bonds. The van der Waals surface area contributed by atoms with Gasteiger partial charge in [-0.3, -0.25) is 4.72 Å². The topological polar surface area (TPSA) is 77.5 Å². The summed E-state index contributed by atoms with van der Waals surface area (Å²) >= 11 is 1.27. The maximum Gasteiger partial charge on any atom is 0.237 e. The van der Waals surface area contributed by atoms with Crippen LogP contribution in [0.25, 0.3) is 10.2 Å². The maximum atomic E-state index is 12.2. The zero-order valence-corrected chi connectivity index (χ0v) is 15.3. The lowest BCUT2D eigenvalue weighted by Gasteiger charge is -2.07. The average Bonchev–Trinajstić information content (AvgIpc) is 2.96. The van der Waals surface area contributed by atoms with Crippen LogP contribution in [-0.2, 0) is 10.0 Å². The van der Waals surface area contributed by atoms with E-state index in [1.54, 1.807) is 12.1 Å². The van der Waals surface area contributed by atoms with Crippen LogP contribution in [0.5, 0.6) is 11.5 Å². The summed E-state index contributed by atoms with van der Waals surface area (Å²) in [4.78, 5) is 4.30. The third kappa shape index (κ3) is 4.83. The minimum absolute atomic E-state index is 0.0682. The molecule has 8 heteroatoms. The molecule has 0 aliphatic rings. The van der Waals surface area contributed by atoms with Crippen molar-refractivity contribution in [2.45, 2.75) is 6.92 Å². The summed E-state index contributed by atoms with van der Waals surface area (Å²) in [5.74, 6) is 1.23. The number of benzene rings is 2. The molecule has 0 saturated carbocycles. The lowest BCUT2D eigenvalue weighted by molar-refractivity contribution is 0.340. The van der Waals surface area contributed by atoms with E-state index in [2.05, 4.69) is 9.71 Å². The van der Waals surface area contributed by atoms with E-state index in [1.165, 1.54) is 11.3 Å². The van der Waals surface area contributed by atoms with E-state index in [0.29, 0.717) is 17.5 Å². The molecule has 0 unspecified atom stereocenters. The maximum absolute atomic E-state index is 12.2. The van der Waals surface area contributed by atoms with Crippen LogP contribution in [0, 0.1) is 0 Å². The van der Waals surface area contributed by atoms with Gasteiger partial charge in [-0.2, -0.15) is 0 Å². The molecule has 0 aliphatic carbocycles. The SMILES string of the molecule is CCOc1ccc2nc(NS(=O)(=O)CCOc3ccccc3)sc2c1. The Bertz CT molecular complexity index is 940. The summed E-state index contributed by atoms with van der Waals surface area (Å²) in [7, 11) is -3.53. The van der Waals surface area contributed by atoms with Crippen molar-refractivity contribution < 1.29 is 17.9 Å². The van der Waals surface area contributed by atoms with E-state index in [1.807, 2.05) is 43.3 Å². The van der Waals surface area contributed by atoms with Gasteiger partial charge in [0.25, 0.3) is 0 Å². The molecule has 0 radical (unpaired) electrons. The standard InChI is InChI=1S/C17H18N2O4S2/c1-2-22-14-8-9-15-16(12-14)24-17(18-15)19-25(20,21)11-10-23-13-6-4-3-5-7-13/h3-9,12H,2,10-11H2,1H3,(H,18,19). The monoisotopic (exact) mass is 378 g/mol. The minimum atomic E-state index is -3.53. The fourth-order valence-electron chi connectivity index (χ4n) is 2.18. The van der Waals surface area contributed by atoms with Crippen LogP contribution in [0.2, 0.25) is 0 Å². The number of hydrogen-bond donors (Lipinski definition) is 1. The van der Waals surface area contributed by atoms with Crippen molar-refractivity contribution in [1.29, 1.82) is 0 Å². The van der Waals surface area contributed by atoms with Crippen molar-refractivity contribution in [2.75, 3.05) is 23.7 Å². The van der Waals surface area contributed by atoms with Crippen LogP contribution in [0.3, 0.4) is 0 Å². The molecule has 0 aliphatic heterocycles. The molecule has 0 atom stereocenters. The van der Waals surface area contributed by atoms with E-state index in [9.17, 15) is 8.42 Å². The molecular formula is C17H18N2O4S2. The number of anilines is 1. The van der Waals surface area contributed by atoms with Gasteiger partial charge in [0, 0.05) is 0 Å². The molecule has 1 aromatic heterocycles. The van der Waals surface area contributed by atoms with Crippen LogP contribution in [0.4, 0.5) is 5.13 Å². The zero-order chi connectivity index (χ0) is 17.7. The molecule has 2 aromatic carbocycles. The number of para-hydroxylation sites is 1. The first-order valence-electron chi connectivity index (χ1n) is 7.77. The van der Waals surface area contributed by atoms with Crippen LogP contribution in [0.1, 0.15) is 6.92 Å². The van der Waals surface area contributed by atoms with Gasteiger partial charge in [0.1, 0.15) is 23.9 Å². The summed E-state index contributed by atoms with van der Waals surface area (Å²) in [5.41, 5.74) is 0.728. The third-order valence-electron chi connectivity index (χ3n) is 3.28. The second-order valence-corrected chi connectivity index (χ2v) is 8.04. The number of sulfonamides is 1. The second kappa shape index (κ2) is 7.71. The molecule has 0 saturated heterocycles. The van der Waals surface area contributed by atoms with Gasteiger partial charge < -0.3 is 9.47 Å².